The number of benzene rings is 1. The van der Waals surface area contributed by atoms with Crippen LogP contribution in [0.15, 0.2) is 24.3 Å². The molecule has 1 atom stereocenters. The molecule has 0 radical (unpaired) electrons. The van der Waals surface area contributed by atoms with E-state index in [1.54, 1.807) is 6.92 Å². The molecule has 6 heteroatoms. The molecule has 1 heterocycles. The molecule has 0 aliphatic carbocycles. The predicted octanol–water partition coefficient (Wildman–Crippen LogP) is 1.77. The normalized spacial score (nSPS) is 12.6. The highest BCUT2D eigenvalue weighted by Gasteiger charge is 2.47. The van der Waals surface area contributed by atoms with E-state index >= 15 is 0 Å². The Morgan fingerprint density at radius 2 is 1.82 bits per heavy atom. The van der Waals surface area contributed by atoms with Crippen LogP contribution < -0.4 is 17.0 Å². The number of alkyl halides is 3. The van der Waals surface area contributed by atoms with Crippen molar-refractivity contribution < 1.29 is 34.5 Å². The number of aryl methyl sites for hydroxylation is 1. The number of thiophene rings is 1. The largest absolute Gasteiger partial charge is 1.00 e. The molecule has 0 N–H and O–H groups in total. The molecular formula is C11H9BrF4S. The van der Waals surface area contributed by atoms with Crippen molar-refractivity contribution in [2.24, 2.45) is 0 Å². The predicted molar refractivity (Wildman–Crippen MR) is 57.1 cm³/mol. The highest BCUT2D eigenvalue weighted by molar-refractivity contribution is 7.38. The van der Waals surface area contributed by atoms with Crippen molar-refractivity contribution in [3.8, 4) is 0 Å². The van der Waals surface area contributed by atoms with Gasteiger partial charge in [-0.2, -0.15) is 0 Å². The third-order valence-electron chi connectivity index (χ3n) is 2.35. The smallest absolute Gasteiger partial charge is 0.600 e. The SMILES string of the molecule is CCc1cc2ccc(F)cc2[s+]1C(F)(F)F.[Br-]. The van der Waals surface area contributed by atoms with Crippen molar-refractivity contribution in [2.75, 3.05) is 0 Å². The summed E-state index contributed by atoms with van der Waals surface area (Å²) in [5.74, 6) is -0.619. The van der Waals surface area contributed by atoms with Gasteiger partial charge in [0.05, 0.1) is 10.5 Å². The zero-order valence-corrected chi connectivity index (χ0v) is 11.2. The Labute approximate surface area is 109 Å². The van der Waals surface area contributed by atoms with Crippen LogP contribution in [0.4, 0.5) is 17.6 Å². The van der Waals surface area contributed by atoms with Crippen molar-refractivity contribution in [3.63, 3.8) is 0 Å². The van der Waals surface area contributed by atoms with Gasteiger partial charge in [0.15, 0.2) is 9.58 Å². The molecule has 17 heavy (non-hydrogen) atoms. The van der Waals surface area contributed by atoms with E-state index < -0.39 is 21.8 Å². The van der Waals surface area contributed by atoms with Crippen molar-refractivity contribution in [2.45, 2.75) is 18.9 Å². The van der Waals surface area contributed by atoms with Crippen LogP contribution in [0.5, 0.6) is 0 Å². The van der Waals surface area contributed by atoms with Gasteiger partial charge in [-0.3, -0.25) is 0 Å². The Morgan fingerprint density at radius 1 is 1.18 bits per heavy atom. The van der Waals surface area contributed by atoms with E-state index in [2.05, 4.69) is 0 Å². The third kappa shape index (κ3) is 2.63. The number of fused-ring (bicyclic) bond motifs is 1. The van der Waals surface area contributed by atoms with Gasteiger partial charge in [-0.15, -0.1) is 13.2 Å². The molecule has 0 saturated heterocycles. The summed E-state index contributed by atoms with van der Waals surface area (Å²) in [6.07, 6.45) is 0.332. The van der Waals surface area contributed by atoms with Gasteiger partial charge in [0.1, 0.15) is 5.82 Å². The van der Waals surface area contributed by atoms with Gasteiger partial charge in [0, 0.05) is 23.9 Å². The maximum Gasteiger partial charge on any atom is 0.600 e. The molecule has 1 aromatic carbocycles. The second kappa shape index (κ2) is 4.94. The fraction of sp³-hybridized carbons (Fsp3) is 0.273. The third-order valence-corrected chi connectivity index (χ3v) is 4.54. The minimum atomic E-state index is -4.32. The summed E-state index contributed by atoms with van der Waals surface area (Å²) in [5, 5.41) is 0.485. The average Bonchev–Trinajstić information content (AvgIpc) is 2.54. The van der Waals surface area contributed by atoms with Crippen molar-refractivity contribution in [1.82, 2.24) is 0 Å². The van der Waals surface area contributed by atoms with Crippen molar-refractivity contribution in [3.05, 3.63) is 35.0 Å². The Morgan fingerprint density at radius 3 is 2.35 bits per heavy atom. The monoisotopic (exact) mass is 328 g/mol. The lowest BCUT2D eigenvalue weighted by Gasteiger charge is -1.98. The van der Waals surface area contributed by atoms with E-state index in [0.717, 1.165) is 6.07 Å². The Balaban J connectivity index is 0.00000144. The first-order valence-electron chi connectivity index (χ1n) is 4.74. The number of rotatable bonds is 1. The van der Waals surface area contributed by atoms with Gasteiger partial charge in [-0.25, -0.2) is 4.39 Å². The van der Waals surface area contributed by atoms with Crippen LogP contribution in [0.1, 0.15) is 11.8 Å². The molecule has 94 valence electrons. The molecule has 0 nitrogen and oxygen atoms in total. The Kier molecular flexibility index (Phi) is 4.19. The standard InChI is InChI=1S/C11H9F4S.BrH/c1-2-9-5-7-3-4-8(12)6-10(7)16(9)11(13,14)15;/h3-6H,2H2,1H3;1H/q+1;/p-1. The molecule has 0 aliphatic heterocycles. The van der Waals surface area contributed by atoms with Gasteiger partial charge in [0.25, 0.3) is 0 Å². The molecule has 2 aromatic rings. The van der Waals surface area contributed by atoms with Crippen LogP contribution in [0.3, 0.4) is 0 Å². The first-order valence-corrected chi connectivity index (χ1v) is 5.97. The molecule has 0 saturated carbocycles. The second-order valence-corrected chi connectivity index (χ2v) is 5.44. The van der Waals surface area contributed by atoms with Crippen LogP contribution in [0, 0.1) is 5.82 Å². The van der Waals surface area contributed by atoms with Crippen LogP contribution in [-0.4, -0.2) is 0 Å². The number of hydrogen-bond acceptors (Lipinski definition) is 0. The number of halogens is 5. The highest BCUT2D eigenvalue weighted by Crippen LogP contribution is 2.50. The van der Waals surface area contributed by atoms with E-state index in [1.807, 2.05) is 0 Å². The lowest BCUT2D eigenvalue weighted by atomic mass is 10.2. The fourth-order valence-electron chi connectivity index (χ4n) is 1.70. The van der Waals surface area contributed by atoms with Gasteiger partial charge in [-0.05, 0) is 12.1 Å². The summed E-state index contributed by atoms with van der Waals surface area (Å²) in [7, 11) is -1.95. The summed E-state index contributed by atoms with van der Waals surface area (Å²) < 4.78 is 51.6. The Hall–Kier alpha value is -0.620. The lowest BCUT2D eigenvalue weighted by Crippen LogP contribution is -3.00. The number of hydrogen-bond donors (Lipinski definition) is 0. The summed E-state index contributed by atoms with van der Waals surface area (Å²) in [4.78, 5) is 0.327. The molecule has 0 spiro atoms. The highest BCUT2D eigenvalue weighted by atomic mass is 79.9. The molecule has 1 aromatic heterocycles. The molecular weight excluding hydrogens is 320 g/mol. The molecule has 1 unspecified atom stereocenters. The van der Waals surface area contributed by atoms with E-state index in [4.69, 9.17) is 0 Å². The van der Waals surface area contributed by atoms with Crippen LogP contribution in [-0.2, 0) is 11.9 Å². The molecule has 0 aliphatic rings. The van der Waals surface area contributed by atoms with Gasteiger partial charge in [-0.1, -0.05) is 6.92 Å². The first kappa shape index (κ1) is 14.4. The van der Waals surface area contributed by atoms with Crippen LogP contribution in [0.25, 0.3) is 10.1 Å². The maximum absolute atomic E-state index is 13.0. The molecule has 0 fully saturated rings. The van der Waals surface area contributed by atoms with Crippen molar-refractivity contribution in [1.29, 1.82) is 0 Å². The van der Waals surface area contributed by atoms with Crippen molar-refractivity contribution >= 4 is 20.6 Å². The second-order valence-electron chi connectivity index (χ2n) is 3.40. The van der Waals surface area contributed by atoms with E-state index in [1.165, 1.54) is 18.2 Å². The lowest BCUT2D eigenvalue weighted by molar-refractivity contribution is -0.0867. The molecule has 0 amide bonds. The van der Waals surface area contributed by atoms with E-state index in [-0.39, 0.29) is 21.7 Å². The minimum Gasteiger partial charge on any atom is -1.00 e. The quantitative estimate of drug-likeness (QED) is 0.553. The summed E-state index contributed by atoms with van der Waals surface area (Å²) >= 11 is 0. The van der Waals surface area contributed by atoms with E-state index in [0.29, 0.717) is 16.7 Å². The zero-order chi connectivity index (χ0) is 11.9. The van der Waals surface area contributed by atoms with Gasteiger partial charge in [0.2, 0.25) is 0 Å². The molecule has 2 rings (SSSR count). The van der Waals surface area contributed by atoms with Gasteiger partial charge >= 0.3 is 5.51 Å². The average molecular weight is 329 g/mol. The van der Waals surface area contributed by atoms with Crippen LogP contribution >= 0.6 is 10.5 Å². The summed E-state index contributed by atoms with van der Waals surface area (Å²) in [6, 6.07) is 5.10. The summed E-state index contributed by atoms with van der Waals surface area (Å²) in [5.41, 5.74) is -4.32. The topological polar surface area (TPSA) is 0 Å². The van der Waals surface area contributed by atoms with Gasteiger partial charge < -0.3 is 17.0 Å². The van der Waals surface area contributed by atoms with Crippen LogP contribution in [0.2, 0.25) is 0 Å². The fourth-order valence-corrected chi connectivity index (χ4v) is 3.65. The molecule has 0 bridgehead atoms. The zero-order valence-electron chi connectivity index (χ0n) is 8.81. The Bertz CT molecular complexity index is 530. The van der Waals surface area contributed by atoms with E-state index in [9.17, 15) is 17.6 Å². The first-order chi connectivity index (χ1) is 7.43. The maximum atomic E-state index is 13.0. The minimum absolute atomic E-state index is 0. The summed E-state index contributed by atoms with van der Waals surface area (Å²) in [6.45, 7) is 1.68.